The molecule has 3 rings (SSSR count). The van der Waals surface area contributed by atoms with E-state index in [1.54, 1.807) is 0 Å². The predicted molar refractivity (Wildman–Crippen MR) is 82.3 cm³/mol. The van der Waals surface area contributed by atoms with Gasteiger partial charge in [0.25, 0.3) is 0 Å². The fraction of sp³-hybridized carbons (Fsp3) is 0.733. The minimum Gasteiger partial charge on any atom is -0.369 e. The van der Waals surface area contributed by atoms with Crippen LogP contribution in [0.25, 0.3) is 0 Å². The Hall–Kier alpha value is -0.870. The lowest BCUT2D eigenvalue weighted by Crippen LogP contribution is -2.41. The van der Waals surface area contributed by atoms with Crippen LogP contribution in [-0.4, -0.2) is 40.5 Å². The lowest BCUT2D eigenvalue weighted by Gasteiger charge is -2.36. The summed E-state index contributed by atoms with van der Waals surface area (Å²) in [5, 5.41) is 4.05. The van der Waals surface area contributed by atoms with Gasteiger partial charge in [-0.15, -0.1) is 0 Å². The first kappa shape index (κ1) is 14.1. The van der Waals surface area contributed by atoms with Crippen molar-refractivity contribution in [3.63, 3.8) is 0 Å². The fourth-order valence-corrected chi connectivity index (χ4v) is 3.91. The quantitative estimate of drug-likeness (QED) is 0.870. The molecule has 2 saturated heterocycles. The average Bonchev–Trinajstić information content (AvgIpc) is 2.64. The number of anilines is 1. The number of nitrogens with one attached hydrogen (secondary N) is 1. The number of nitrogens with zero attached hydrogens (tertiary/aromatic N) is 3. The van der Waals surface area contributed by atoms with Gasteiger partial charge in [0.15, 0.2) is 0 Å². The summed E-state index contributed by atoms with van der Waals surface area (Å²) in [6.45, 7) is 4.85. The SMILES string of the molecule is Cc1nc(Cl)c(C)c(NCC2CC3CCC(C2)N3C)n1. The Morgan fingerprint density at radius 2 is 1.85 bits per heavy atom. The van der Waals surface area contributed by atoms with Crippen molar-refractivity contribution in [3.8, 4) is 0 Å². The van der Waals surface area contributed by atoms with Crippen molar-refractivity contribution in [2.45, 2.75) is 51.6 Å². The van der Waals surface area contributed by atoms with Crippen LogP contribution in [-0.2, 0) is 0 Å². The largest absolute Gasteiger partial charge is 0.369 e. The highest BCUT2D eigenvalue weighted by Gasteiger charge is 2.38. The number of aromatic nitrogens is 2. The summed E-state index contributed by atoms with van der Waals surface area (Å²) in [5.74, 6) is 2.37. The summed E-state index contributed by atoms with van der Waals surface area (Å²) in [6, 6.07) is 1.58. The van der Waals surface area contributed by atoms with E-state index in [0.717, 1.165) is 41.8 Å². The third kappa shape index (κ3) is 2.63. The molecular weight excluding hydrogens is 272 g/mol. The molecule has 2 unspecified atom stereocenters. The van der Waals surface area contributed by atoms with E-state index in [1.165, 1.54) is 25.7 Å². The van der Waals surface area contributed by atoms with Crippen molar-refractivity contribution in [1.82, 2.24) is 14.9 Å². The van der Waals surface area contributed by atoms with Gasteiger partial charge in [-0.1, -0.05) is 11.6 Å². The van der Waals surface area contributed by atoms with Crippen LogP contribution in [0.15, 0.2) is 0 Å². The van der Waals surface area contributed by atoms with Crippen LogP contribution in [0, 0.1) is 19.8 Å². The molecule has 0 spiro atoms. The van der Waals surface area contributed by atoms with Gasteiger partial charge in [-0.2, -0.15) is 0 Å². The van der Waals surface area contributed by atoms with E-state index in [9.17, 15) is 0 Å². The van der Waals surface area contributed by atoms with Crippen molar-refractivity contribution in [3.05, 3.63) is 16.5 Å². The Bertz CT molecular complexity index is 491. The number of fused-ring (bicyclic) bond motifs is 2. The summed E-state index contributed by atoms with van der Waals surface area (Å²) in [7, 11) is 2.28. The molecule has 1 aromatic rings. The molecule has 2 fully saturated rings. The molecular formula is C15H23ClN4. The second-order valence-electron chi connectivity index (χ2n) is 6.30. The van der Waals surface area contributed by atoms with E-state index in [0.29, 0.717) is 5.15 Å². The summed E-state index contributed by atoms with van der Waals surface area (Å²) in [5.41, 5.74) is 0.952. The zero-order valence-corrected chi connectivity index (χ0v) is 13.2. The van der Waals surface area contributed by atoms with Gasteiger partial charge in [0, 0.05) is 24.2 Å². The second-order valence-corrected chi connectivity index (χ2v) is 6.66. The molecule has 0 aliphatic carbocycles. The Morgan fingerprint density at radius 3 is 2.50 bits per heavy atom. The maximum atomic E-state index is 6.12. The maximum Gasteiger partial charge on any atom is 0.137 e. The van der Waals surface area contributed by atoms with Gasteiger partial charge >= 0.3 is 0 Å². The lowest BCUT2D eigenvalue weighted by atomic mass is 9.91. The van der Waals surface area contributed by atoms with Crippen LogP contribution < -0.4 is 5.32 Å². The van der Waals surface area contributed by atoms with Crippen molar-refractivity contribution >= 4 is 17.4 Å². The summed E-state index contributed by atoms with van der Waals surface area (Å²) in [6.07, 6.45) is 5.35. The van der Waals surface area contributed by atoms with Crippen LogP contribution in [0.4, 0.5) is 5.82 Å². The first-order valence-corrected chi connectivity index (χ1v) is 7.89. The lowest BCUT2D eigenvalue weighted by molar-refractivity contribution is 0.139. The fourth-order valence-electron chi connectivity index (χ4n) is 3.70. The van der Waals surface area contributed by atoms with Crippen molar-refractivity contribution in [2.75, 3.05) is 18.9 Å². The van der Waals surface area contributed by atoms with Crippen LogP contribution in [0.2, 0.25) is 5.15 Å². The second kappa shape index (κ2) is 5.49. The molecule has 0 aromatic carbocycles. The molecule has 1 aromatic heterocycles. The maximum absolute atomic E-state index is 6.12. The highest BCUT2D eigenvalue weighted by Crippen LogP contribution is 2.37. The van der Waals surface area contributed by atoms with Gasteiger partial charge in [0.1, 0.15) is 16.8 Å². The van der Waals surface area contributed by atoms with Crippen LogP contribution in [0.1, 0.15) is 37.1 Å². The standard InChI is InChI=1S/C15H23ClN4/c1-9-14(16)18-10(2)19-15(9)17-8-11-6-12-4-5-13(7-11)20(12)3/h11-13H,4-8H2,1-3H3,(H,17,18,19). The van der Waals surface area contributed by atoms with Crippen LogP contribution >= 0.6 is 11.6 Å². The molecule has 0 amide bonds. The van der Waals surface area contributed by atoms with E-state index in [1.807, 2.05) is 13.8 Å². The van der Waals surface area contributed by atoms with E-state index in [2.05, 4.69) is 27.2 Å². The molecule has 2 atom stereocenters. The number of hydrogen-bond donors (Lipinski definition) is 1. The first-order valence-electron chi connectivity index (χ1n) is 7.51. The molecule has 2 bridgehead atoms. The van der Waals surface area contributed by atoms with Gasteiger partial charge in [-0.25, -0.2) is 9.97 Å². The van der Waals surface area contributed by atoms with E-state index in [4.69, 9.17) is 11.6 Å². The van der Waals surface area contributed by atoms with E-state index in [-0.39, 0.29) is 0 Å². The number of piperidine rings is 1. The average molecular weight is 295 g/mol. The van der Waals surface area contributed by atoms with Crippen LogP contribution in [0.5, 0.6) is 0 Å². The smallest absolute Gasteiger partial charge is 0.137 e. The highest BCUT2D eigenvalue weighted by atomic mass is 35.5. The predicted octanol–water partition coefficient (Wildman–Crippen LogP) is 3.03. The van der Waals surface area contributed by atoms with E-state index >= 15 is 0 Å². The van der Waals surface area contributed by atoms with E-state index < -0.39 is 0 Å². The van der Waals surface area contributed by atoms with Gasteiger partial charge in [-0.05, 0) is 52.5 Å². The van der Waals surface area contributed by atoms with Gasteiger partial charge in [0.2, 0.25) is 0 Å². The molecule has 5 heteroatoms. The Kier molecular flexibility index (Phi) is 3.87. The number of hydrogen-bond acceptors (Lipinski definition) is 4. The topological polar surface area (TPSA) is 41.1 Å². The van der Waals surface area contributed by atoms with Gasteiger partial charge in [-0.3, -0.25) is 0 Å². The molecule has 2 aliphatic heterocycles. The zero-order chi connectivity index (χ0) is 14.3. The summed E-state index contributed by atoms with van der Waals surface area (Å²) in [4.78, 5) is 11.2. The molecule has 110 valence electrons. The monoisotopic (exact) mass is 294 g/mol. The minimum atomic E-state index is 0.559. The molecule has 0 radical (unpaired) electrons. The minimum absolute atomic E-state index is 0.559. The summed E-state index contributed by atoms with van der Waals surface area (Å²) < 4.78 is 0. The zero-order valence-electron chi connectivity index (χ0n) is 12.5. The molecule has 1 N–H and O–H groups in total. The van der Waals surface area contributed by atoms with Crippen molar-refractivity contribution in [2.24, 2.45) is 5.92 Å². The van der Waals surface area contributed by atoms with Crippen molar-refractivity contribution in [1.29, 1.82) is 0 Å². The Balaban J connectivity index is 1.63. The normalized spacial score (nSPS) is 29.7. The summed E-state index contributed by atoms with van der Waals surface area (Å²) >= 11 is 6.12. The van der Waals surface area contributed by atoms with Crippen LogP contribution in [0.3, 0.4) is 0 Å². The molecule has 2 aliphatic rings. The van der Waals surface area contributed by atoms with Crippen molar-refractivity contribution < 1.29 is 0 Å². The third-order valence-electron chi connectivity index (χ3n) is 4.95. The number of rotatable bonds is 3. The Labute approximate surface area is 125 Å². The first-order chi connectivity index (χ1) is 9.54. The Morgan fingerprint density at radius 1 is 1.20 bits per heavy atom. The molecule has 3 heterocycles. The number of aryl methyl sites for hydroxylation is 1. The van der Waals surface area contributed by atoms with Gasteiger partial charge < -0.3 is 10.2 Å². The number of halogens is 1. The third-order valence-corrected chi connectivity index (χ3v) is 5.32. The molecule has 20 heavy (non-hydrogen) atoms. The molecule has 0 saturated carbocycles. The highest BCUT2D eigenvalue weighted by molar-refractivity contribution is 6.30. The molecule has 4 nitrogen and oxygen atoms in total. The van der Waals surface area contributed by atoms with Gasteiger partial charge in [0.05, 0.1) is 0 Å².